The van der Waals surface area contributed by atoms with Crippen LogP contribution >= 0.6 is 15.9 Å². The van der Waals surface area contributed by atoms with E-state index in [0.29, 0.717) is 10.4 Å². The highest BCUT2D eigenvalue weighted by atomic mass is 79.9. The molecule has 0 saturated carbocycles. The van der Waals surface area contributed by atoms with Gasteiger partial charge in [-0.05, 0) is 28.1 Å². The lowest BCUT2D eigenvalue weighted by molar-refractivity contribution is 0.511. The molecular weight excluding hydrogens is 280 g/mol. The molecule has 2 aromatic rings. The minimum atomic E-state index is -0.933. The van der Waals surface area contributed by atoms with Crippen LogP contribution in [0.1, 0.15) is 0 Å². The summed E-state index contributed by atoms with van der Waals surface area (Å²) in [5, 5.41) is 2.66. The van der Waals surface area contributed by atoms with Gasteiger partial charge in [0.15, 0.2) is 11.6 Å². The molecule has 0 unspecified atom stereocenters. The maximum absolute atomic E-state index is 13.3. The molecule has 0 atom stereocenters. The molecule has 0 aliphatic rings. The summed E-state index contributed by atoms with van der Waals surface area (Å²) in [6.07, 6.45) is 1.31. The SMILES string of the molecule is Fc1cccc(Nc2cc(Br)ncn2)c1F. The van der Waals surface area contributed by atoms with Crippen LogP contribution in [0.5, 0.6) is 0 Å². The summed E-state index contributed by atoms with van der Waals surface area (Å²) < 4.78 is 26.8. The number of anilines is 2. The number of benzene rings is 1. The van der Waals surface area contributed by atoms with E-state index in [4.69, 9.17) is 0 Å². The Bertz CT molecular complexity index is 519. The third kappa shape index (κ3) is 2.33. The van der Waals surface area contributed by atoms with Gasteiger partial charge in [-0.1, -0.05) is 6.07 Å². The van der Waals surface area contributed by atoms with E-state index in [9.17, 15) is 8.78 Å². The van der Waals surface area contributed by atoms with Crippen molar-refractivity contribution in [3.63, 3.8) is 0 Å². The predicted molar refractivity (Wildman–Crippen MR) is 59.4 cm³/mol. The molecule has 3 nitrogen and oxygen atoms in total. The van der Waals surface area contributed by atoms with Crippen molar-refractivity contribution < 1.29 is 8.78 Å². The van der Waals surface area contributed by atoms with E-state index in [0.717, 1.165) is 6.07 Å². The molecule has 1 aromatic heterocycles. The van der Waals surface area contributed by atoms with Crippen molar-refractivity contribution in [1.82, 2.24) is 9.97 Å². The van der Waals surface area contributed by atoms with E-state index in [1.165, 1.54) is 18.5 Å². The largest absolute Gasteiger partial charge is 0.338 e. The summed E-state index contributed by atoms with van der Waals surface area (Å²) in [6.45, 7) is 0. The highest BCUT2D eigenvalue weighted by Crippen LogP contribution is 2.21. The molecule has 0 amide bonds. The summed E-state index contributed by atoms with van der Waals surface area (Å²) in [5.41, 5.74) is 0.0330. The van der Waals surface area contributed by atoms with E-state index in [1.54, 1.807) is 6.07 Å². The fourth-order valence-electron chi connectivity index (χ4n) is 1.14. The average molecular weight is 286 g/mol. The van der Waals surface area contributed by atoms with Crippen molar-refractivity contribution in [1.29, 1.82) is 0 Å². The lowest BCUT2D eigenvalue weighted by atomic mass is 10.3. The minimum Gasteiger partial charge on any atom is -0.338 e. The van der Waals surface area contributed by atoms with E-state index in [2.05, 4.69) is 31.2 Å². The number of hydrogen-bond donors (Lipinski definition) is 1. The quantitative estimate of drug-likeness (QED) is 0.861. The second-order valence-electron chi connectivity index (χ2n) is 2.95. The van der Waals surface area contributed by atoms with Gasteiger partial charge in [0.25, 0.3) is 0 Å². The first kappa shape index (κ1) is 10.9. The predicted octanol–water partition coefficient (Wildman–Crippen LogP) is 3.26. The molecule has 0 saturated heterocycles. The van der Waals surface area contributed by atoms with Crippen molar-refractivity contribution in [2.75, 3.05) is 5.32 Å². The number of nitrogens with one attached hydrogen (secondary N) is 1. The highest BCUT2D eigenvalue weighted by Gasteiger charge is 2.07. The van der Waals surface area contributed by atoms with Crippen molar-refractivity contribution in [3.05, 3.63) is 46.8 Å². The maximum Gasteiger partial charge on any atom is 0.182 e. The van der Waals surface area contributed by atoms with Gasteiger partial charge >= 0.3 is 0 Å². The van der Waals surface area contributed by atoms with Crippen LogP contribution in [0, 0.1) is 11.6 Å². The Labute approximate surface area is 98.7 Å². The van der Waals surface area contributed by atoms with Gasteiger partial charge in [0.2, 0.25) is 0 Å². The molecule has 1 aromatic carbocycles. The van der Waals surface area contributed by atoms with E-state index < -0.39 is 11.6 Å². The Balaban J connectivity index is 2.31. The summed E-state index contributed by atoms with van der Waals surface area (Å²) in [4.78, 5) is 7.68. The minimum absolute atomic E-state index is 0.0330. The van der Waals surface area contributed by atoms with Gasteiger partial charge in [0.05, 0.1) is 5.69 Å². The number of rotatable bonds is 2. The summed E-state index contributed by atoms with van der Waals surface area (Å²) in [6, 6.07) is 5.45. The molecule has 0 aliphatic heterocycles. The van der Waals surface area contributed by atoms with Gasteiger partial charge in [0, 0.05) is 6.07 Å². The number of nitrogens with zero attached hydrogens (tertiary/aromatic N) is 2. The number of halogens is 3. The maximum atomic E-state index is 13.3. The molecule has 6 heteroatoms. The zero-order valence-corrected chi connectivity index (χ0v) is 9.50. The lowest BCUT2D eigenvalue weighted by Crippen LogP contribution is -1.98. The van der Waals surface area contributed by atoms with Gasteiger partial charge < -0.3 is 5.32 Å². The molecule has 82 valence electrons. The molecule has 16 heavy (non-hydrogen) atoms. The number of aromatic nitrogens is 2. The van der Waals surface area contributed by atoms with Gasteiger partial charge in [-0.15, -0.1) is 0 Å². The second kappa shape index (κ2) is 4.52. The summed E-state index contributed by atoms with van der Waals surface area (Å²) >= 11 is 3.15. The summed E-state index contributed by atoms with van der Waals surface area (Å²) in [5.74, 6) is -1.46. The third-order valence-corrected chi connectivity index (χ3v) is 2.28. The Hall–Kier alpha value is -1.56. The normalized spacial score (nSPS) is 10.2. The van der Waals surface area contributed by atoms with Crippen LogP contribution in [-0.2, 0) is 0 Å². The van der Waals surface area contributed by atoms with Crippen LogP contribution in [0.25, 0.3) is 0 Å². The molecule has 1 N–H and O–H groups in total. The van der Waals surface area contributed by atoms with Crippen molar-refractivity contribution in [2.45, 2.75) is 0 Å². The van der Waals surface area contributed by atoms with E-state index in [-0.39, 0.29) is 5.69 Å². The third-order valence-electron chi connectivity index (χ3n) is 1.85. The highest BCUT2D eigenvalue weighted by molar-refractivity contribution is 9.10. The van der Waals surface area contributed by atoms with E-state index >= 15 is 0 Å². The van der Waals surface area contributed by atoms with Crippen molar-refractivity contribution >= 4 is 27.4 Å². The molecule has 0 spiro atoms. The fraction of sp³-hybridized carbons (Fsp3) is 0. The molecule has 0 bridgehead atoms. The number of hydrogen-bond acceptors (Lipinski definition) is 3. The summed E-state index contributed by atoms with van der Waals surface area (Å²) in [7, 11) is 0. The average Bonchev–Trinajstić information content (AvgIpc) is 2.25. The van der Waals surface area contributed by atoms with Crippen LogP contribution in [0.4, 0.5) is 20.3 Å². The molecular formula is C10H6BrF2N3. The van der Waals surface area contributed by atoms with Crippen LogP contribution in [0.2, 0.25) is 0 Å². The monoisotopic (exact) mass is 285 g/mol. The van der Waals surface area contributed by atoms with Gasteiger partial charge in [-0.2, -0.15) is 0 Å². The zero-order chi connectivity index (χ0) is 11.5. The fourth-order valence-corrected chi connectivity index (χ4v) is 1.45. The molecule has 0 fully saturated rings. The van der Waals surface area contributed by atoms with Crippen LogP contribution < -0.4 is 5.32 Å². The Morgan fingerprint density at radius 1 is 1.19 bits per heavy atom. The molecule has 1 heterocycles. The molecule has 0 radical (unpaired) electrons. The first-order valence-electron chi connectivity index (χ1n) is 4.35. The van der Waals surface area contributed by atoms with Gasteiger partial charge in [-0.3, -0.25) is 0 Å². The molecule has 0 aliphatic carbocycles. The lowest BCUT2D eigenvalue weighted by Gasteiger charge is -2.06. The van der Waals surface area contributed by atoms with E-state index in [1.807, 2.05) is 0 Å². The van der Waals surface area contributed by atoms with Crippen LogP contribution in [0.3, 0.4) is 0 Å². The zero-order valence-electron chi connectivity index (χ0n) is 7.92. The second-order valence-corrected chi connectivity index (χ2v) is 3.76. The van der Waals surface area contributed by atoms with Gasteiger partial charge in [-0.25, -0.2) is 18.7 Å². The first-order valence-corrected chi connectivity index (χ1v) is 5.14. The van der Waals surface area contributed by atoms with Crippen molar-refractivity contribution in [3.8, 4) is 0 Å². The standard InChI is InChI=1S/C10H6BrF2N3/c11-8-4-9(15-5-14-8)16-7-3-1-2-6(12)10(7)13/h1-5H,(H,14,15,16). The Morgan fingerprint density at radius 3 is 2.75 bits per heavy atom. The van der Waals surface area contributed by atoms with Gasteiger partial charge in [0.1, 0.15) is 16.7 Å². The first-order chi connectivity index (χ1) is 7.66. The Kier molecular flexibility index (Phi) is 3.09. The smallest absolute Gasteiger partial charge is 0.182 e. The van der Waals surface area contributed by atoms with Crippen molar-refractivity contribution in [2.24, 2.45) is 0 Å². The topological polar surface area (TPSA) is 37.8 Å². The Morgan fingerprint density at radius 2 is 2.00 bits per heavy atom. The van der Waals surface area contributed by atoms with Crippen LogP contribution in [-0.4, -0.2) is 9.97 Å². The molecule has 2 rings (SSSR count). The van der Waals surface area contributed by atoms with Crippen LogP contribution in [0.15, 0.2) is 35.2 Å².